The molecule has 4 heteroatoms. The number of aliphatic hydroxyl groups excluding tert-OH is 1. The third-order valence-electron chi connectivity index (χ3n) is 4.81. The normalized spacial score (nSPS) is 28.3. The number of anilines is 1. The molecule has 2 aliphatic rings. The van der Waals surface area contributed by atoms with Crippen molar-refractivity contribution >= 4 is 17.3 Å². The number of piperazine rings is 1. The van der Waals surface area contributed by atoms with Crippen LogP contribution in [0.15, 0.2) is 18.2 Å². The number of aliphatic hydroxyl groups is 1. The lowest BCUT2D eigenvalue weighted by Gasteiger charge is -2.52. The van der Waals surface area contributed by atoms with Gasteiger partial charge in [-0.3, -0.25) is 0 Å². The van der Waals surface area contributed by atoms with Crippen molar-refractivity contribution in [3.63, 3.8) is 0 Å². The second-order valence-corrected chi connectivity index (χ2v) is 7.46. The third-order valence-corrected chi connectivity index (χ3v) is 5.16. The molecular formula is C17H25ClN2O. The minimum Gasteiger partial charge on any atom is -0.392 e. The SMILES string of the molecule is CC1(C)CN(c2ccc(CO)c(Cl)c2)C2CCCCC2N1. The van der Waals surface area contributed by atoms with E-state index in [1.807, 2.05) is 12.1 Å². The Balaban J connectivity index is 1.92. The summed E-state index contributed by atoms with van der Waals surface area (Å²) < 4.78 is 0. The molecule has 1 saturated heterocycles. The molecule has 1 saturated carbocycles. The third kappa shape index (κ3) is 3.05. The maximum absolute atomic E-state index is 9.28. The molecule has 3 rings (SSSR count). The quantitative estimate of drug-likeness (QED) is 0.879. The molecule has 0 aromatic heterocycles. The molecule has 0 amide bonds. The van der Waals surface area contributed by atoms with Crippen LogP contribution in [0.3, 0.4) is 0 Å². The molecular weight excluding hydrogens is 284 g/mol. The van der Waals surface area contributed by atoms with E-state index in [0.717, 1.165) is 12.1 Å². The van der Waals surface area contributed by atoms with Crippen LogP contribution in [0.2, 0.25) is 5.02 Å². The first-order valence-electron chi connectivity index (χ1n) is 7.94. The molecule has 1 heterocycles. The Hall–Kier alpha value is -0.770. The first-order chi connectivity index (χ1) is 10.00. The van der Waals surface area contributed by atoms with Gasteiger partial charge in [-0.05, 0) is 44.4 Å². The predicted octanol–water partition coefficient (Wildman–Crippen LogP) is 3.33. The highest BCUT2D eigenvalue weighted by Gasteiger charge is 2.40. The van der Waals surface area contributed by atoms with Gasteiger partial charge in [0.15, 0.2) is 0 Å². The zero-order chi connectivity index (χ0) is 15.0. The summed E-state index contributed by atoms with van der Waals surface area (Å²) in [4.78, 5) is 2.52. The van der Waals surface area contributed by atoms with Gasteiger partial charge in [-0.1, -0.05) is 30.5 Å². The van der Waals surface area contributed by atoms with Crippen LogP contribution in [0.1, 0.15) is 45.1 Å². The van der Waals surface area contributed by atoms with E-state index in [2.05, 4.69) is 30.1 Å². The lowest BCUT2D eigenvalue weighted by molar-refractivity contribution is 0.199. The largest absolute Gasteiger partial charge is 0.392 e. The van der Waals surface area contributed by atoms with Gasteiger partial charge in [-0.2, -0.15) is 0 Å². The highest BCUT2D eigenvalue weighted by Crippen LogP contribution is 2.35. The number of fused-ring (bicyclic) bond motifs is 1. The Kier molecular flexibility index (Phi) is 4.17. The first-order valence-corrected chi connectivity index (χ1v) is 8.31. The van der Waals surface area contributed by atoms with Gasteiger partial charge in [-0.15, -0.1) is 0 Å². The second-order valence-electron chi connectivity index (χ2n) is 7.05. The van der Waals surface area contributed by atoms with Crippen molar-refractivity contribution in [3.8, 4) is 0 Å². The smallest absolute Gasteiger partial charge is 0.0696 e. The summed E-state index contributed by atoms with van der Waals surface area (Å²) >= 11 is 6.29. The van der Waals surface area contributed by atoms with Crippen LogP contribution in [-0.4, -0.2) is 29.3 Å². The molecule has 2 atom stereocenters. The van der Waals surface area contributed by atoms with Gasteiger partial charge in [0.1, 0.15) is 0 Å². The fourth-order valence-electron chi connectivity index (χ4n) is 3.87. The molecule has 2 N–H and O–H groups in total. The fraction of sp³-hybridized carbons (Fsp3) is 0.647. The van der Waals surface area contributed by atoms with Crippen LogP contribution < -0.4 is 10.2 Å². The average molecular weight is 309 g/mol. The Morgan fingerprint density at radius 1 is 1.33 bits per heavy atom. The van der Waals surface area contributed by atoms with Crippen LogP contribution in [0.4, 0.5) is 5.69 Å². The molecule has 2 fully saturated rings. The number of hydrogen-bond acceptors (Lipinski definition) is 3. The number of halogens is 1. The summed E-state index contributed by atoms with van der Waals surface area (Å²) in [5.41, 5.74) is 2.10. The van der Waals surface area contributed by atoms with Gasteiger partial charge in [-0.25, -0.2) is 0 Å². The van der Waals surface area contributed by atoms with Crippen LogP contribution in [0, 0.1) is 0 Å². The summed E-state index contributed by atoms with van der Waals surface area (Å²) in [6, 6.07) is 7.19. The zero-order valence-corrected chi connectivity index (χ0v) is 13.7. The van der Waals surface area contributed by atoms with E-state index in [1.54, 1.807) is 0 Å². The van der Waals surface area contributed by atoms with E-state index in [1.165, 1.54) is 31.4 Å². The summed E-state index contributed by atoms with van der Waals surface area (Å²) in [5, 5.41) is 13.8. The molecule has 1 aliphatic carbocycles. The highest BCUT2D eigenvalue weighted by atomic mass is 35.5. The summed E-state index contributed by atoms with van der Waals surface area (Å²) in [5.74, 6) is 0. The van der Waals surface area contributed by atoms with E-state index in [4.69, 9.17) is 11.6 Å². The zero-order valence-electron chi connectivity index (χ0n) is 12.9. The summed E-state index contributed by atoms with van der Waals surface area (Å²) in [6.07, 6.45) is 5.13. The molecule has 21 heavy (non-hydrogen) atoms. The Bertz CT molecular complexity index is 518. The molecule has 0 bridgehead atoms. The van der Waals surface area contributed by atoms with Crippen LogP contribution in [-0.2, 0) is 6.61 Å². The fourth-order valence-corrected chi connectivity index (χ4v) is 4.10. The van der Waals surface area contributed by atoms with Crippen LogP contribution in [0.5, 0.6) is 0 Å². The molecule has 2 unspecified atom stereocenters. The van der Waals surface area contributed by atoms with Crippen molar-refractivity contribution in [3.05, 3.63) is 28.8 Å². The van der Waals surface area contributed by atoms with E-state index >= 15 is 0 Å². The van der Waals surface area contributed by atoms with Gasteiger partial charge in [0.05, 0.1) is 6.61 Å². The molecule has 1 aromatic carbocycles. The van der Waals surface area contributed by atoms with E-state index in [0.29, 0.717) is 17.1 Å². The molecule has 116 valence electrons. The van der Waals surface area contributed by atoms with Crippen molar-refractivity contribution in [2.75, 3.05) is 11.4 Å². The van der Waals surface area contributed by atoms with Crippen LogP contribution >= 0.6 is 11.6 Å². The number of hydrogen-bond donors (Lipinski definition) is 2. The molecule has 1 aromatic rings. The molecule has 0 radical (unpaired) electrons. The lowest BCUT2D eigenvalue weighted by atomic mass is 9.83. The van der Waals surface area contributed by atoms with Gasteiger partial charge >= 0.3 is 0 Å². The second kappa shape index (κ2) is 5.79. The summed E-state index contributed by atoms with van der Waals surface area (Å²) in [7, 11) is 0. The molecule has 3 nitrogen and oxygen atoms in total. The predicted molar refractivity (Wildman–Crippen MR) is 88.0 cm³/mol. The van der Waals surface area contributed by atoms with E-state index in [-0.39, 0.29) is 12.1 Å². The van der Waals surface area contributed by atoms with Crippen molar-refractivity contribution in [2.45, 2.75) is 63.8 Å². The monoisotopic (exact) mass is 308 g/mol. The minimum atomic E-state index is -0.00177. The van der Waals surface area contributed by atoms with Gasteiger partial charge in [0.25, 0.3) is 0 Å². The number of benzene rings is 1. The highest BCUT2D eigenvalue weighted by molar-refractivity contribution is 6.31. The Morgan fingerprint density at radius 2 is 2.10 bits per heavy atom. The number of nitrogens with one attached hydrogen (secondary N) is 1. The van der Waals surface area contributed by atoms with Crippen LogP contribution in [0.25, 0.3) is 0 Å². The van der Waals surface area contributed by atoms with Crippen molar-refractivity contribution in [1.29, 1.82) is 0 Å². The maximum atomic E-state index is 9.28. The Morgan fingerprint density at radius 3 is 2.81 bits per heavy atom. The van der Waals surface area contributed by atoms with Gasteiger partial charge in [0, 0.05) is 34.9 Å². The minimum absolute atomic E-state index is 0.00177. The van der Waals surface area contributed by atoms with Gasteiger partial charge < -0.3 is 15.3 Å². The Labute approximate surface area is 132 Å². The first kappa shape index (κ1) is 15.1. The molecule has 1 aliphatic heterocycles. The van der Waals surface area contributed by atoms with Crippen molar-refractivity contribution in [1.82, 2.24) is 5.32 Å². The van der Waals surface area contributed by atoms with Gasteiger partial charge in [0.2, 0.25) is 0 Å². The number of rotatable bonds is 2. The maximum Gasteiger partial charge on any atom is 0.0696 e. The number of nitrogens with zero attached hydrogens (tertiary/aromatic N) is 1. The topological polar surface area (TPSA) is 35.5 Å². The van der Waals surface area contributed by atoms with E-state index < -0.39 is 0 Å². The standard InChI is InChI=1S/C17H25ClN2O/c1-17(2)11-20(16-6-4-3-5-15(16)19-17)13-8-7-12(10-21)14(18)9-13/h7-9,15-16,19,21H,3-6,10-11H2,1-2H3. The van der Waals surface area contributed by atoms with E-state index in [9.17, 15) is 5.11 Å². The van der Waals surface area contributed by atoms with Crippen molar-refractivity contribution in [2.24, 2.45) is 0 Å². The molecule has 0 spiro atoms. The summed E-state index contributed by atoms with van der Waals surface area (Å²) in [6.45, 7) is 5.53. The lowest BCUT2D eigenvalue weighted by Crippen LogP contribution is -2.67. The van der Waals surface area contributed by atoms with Crippen molar-refractivity contribution < 1.29 is 5.11 Å². The average Bonchev–Trinajstić information content (AvgIpc) is 2.45.